The van der Waals surface area contributed by atoms with Crippen LogP contribution in [0.2, 0.25) is 0 Å². The van der Waals surface area contributed by atoms with Crippen LogP contribution in [-0.4, -0.2) is 35.8 Å². The zero-order valence-corrected chi connectivity index (χ0v) is 13.5. The molecule has 0 saturated carbocycles. The summed E-state index contributed by atoms with van der Waals surface area (Å²) >= 11 is 0. The number of anilines is 1. The second-order valence-corrected chi connectivity index (χ2v) is 6.37. The van der Waals surface area contributed by atoms with Crippen LogP contribution in [0.15, 0.2) is 18.2 Å². The number of aryl methyl sites for hydroxylation is 1. The molecule has 4 heteroatoms. The van der Waals surface area contributed by atoms with E-state index in [1.54, 1.807) is 4.90 Å². The van der Waals surface area contributed by atoms with E-state index in [0.717, 1.165) is 43.4 Å². The van der Waals surface area contributed by atoms with Crippen LogP contribution in [0.3, 0.4) is 0 Å². The maximum atomic E-state index is 12.9. The van der Waals surface area contributed by atoms with Gasteiger partial charge < -0.3 is 9.80 Å². The predicted molar refractivity (Wildman–Crippen MR) is 87.1 cm³/mol. The highest BCUT2D eigenvalue weighted by molar-refractivity contribution is 6.11. The van der Waals surface area contributed by atoms with Gasteiger partial charge in [0.25, 0.3) is 5.91 Å². The van der Waals surface area contributed by atoms with Gasteiger partial charge in [0.2, 0.25) is 5.91 Å². The zero-order valence-electron chi connectivity index (χ0n) is 13.5. The number of fused-ring (bicyclic) bond motifs is 2. The van der Waals surface area contributed by atoms with Gasteiger partial charge in [-0.1, -0.05) is 31.4 Å². The first-order valence-corrected chi connectivity index (χ1v) is 8.36. The van der Waals surface area contributed by atoms with E-state index in [-0.39, 0.29) is 17.9 Å². The Kier molecular flexibility index (Phi) is 4.19. The molecule has 2 aliphatic rings. The molecule has 1 saturated heterocycles. The summed E-state index contributed by atoms with van der Waals surface area (Å²) in [6.45, 7) is 5.55. The van der Waals surface area contributed by atoms with Gasteiger partial charge in [-0.25, -0.2) is 0 Å². The number of carbonyl (C=O) groups excluding carboxylic acids is 2. The fourth-order valence-corrected chi connectivity index (χ4v) is 3.53. The molecule has 3 rings (SSSR count). The van der Waals surface area contributed by atoms with E-state index < -0.39 is 0 Å². The summed E-state index contributed by atoms with van der Waals surface area (Å²) in [5.41, 5.74) is 2.55. The van der Waals surface area contributed by atoms with E-state index in [1.165, 1.54) is 0 Å². The van der Waals surface area contributed by atoms with Crippen LogP contribution in [0, 0.1) is 6.92 Å². The fraction of sp³-hybridized carbons (Fsp3) is 0.556. The molecule has 0 bridgehead atoms. The van der Waals surface area contributed by atoms with Crippen LogP contribution >= 0.6 is 0 Å². The summed E-state index contributed by atoms with van der Waals surface area (Å²) < 4.78 is 0. The van der Waals surface area contributed by atoms with Crippen molar-refractivity contribution in [1.29, 1.82) is 0 Å². The molecule has 0 aromatic heterocycles. The molecule has 1 atom stereocenters. The van der Waals surface area contributed by atoms with Gasteiger partial charge in [-0.3, -0.25) is 9.59 Å². The van der Waals surface area contributed by atoms with Crippen molar-refractivity contribution in [3.8, 4) is 0 Å². The minimum atomic E-state index is -0.262. The van der Waals surface area contributed by atoms with Crippen molar-refractivity contribution in [3.63, 3.8) is 0 Å². The summed E-state index contributed by atoms with van der Waals surface area (Å²) in [7, 11) is 0. The topological polar surface area (TPSA) is 40.6 Å². The van der Waals surface area contributed by atoms with Gasteiger partial charge in [-0.15, -0.1) is 0 Å². The van der Waals surface area contributed by atoms with E-state index in [0.29, 0.717) is 18.7 Å². The molecule has 0 aliphatic carbocycles. The quantitative estimate of drug-likeness (QED) is 0.802. The average molecular weight is 300 g/mol. The van der Waals surface area contributed by atoms with Gasteiger partial charge in [0.15, 0.2) is 0 Å². The first-order valence-electron chi connectivity index (χ1n) is 8.36. The SMILES string of the molecule is CCCCCN1C(=O)[C@@H]2CCCN2C(=O)c2cc(C)ccc21. The fourth-order valence-electron chi connectivity index (χ4n) is 3.53. The maximum Gasteiger partial charge on any atom is 0.256 e. The molecule has 0 unspecified atom stereocenters. The number of hydrogen-bond acceptors (Lipinski definition) is 2. The van der Waals surface area contributed by atoms with Gasteiger partial charge in [0.05, 0.1) is 11.3 Å². The lowest BCUT2D eigenvalue weighted by Gasteiger charge is -2.26. The zero-order chi connectivity index (χ0) is 15.7. The van der Waals surface area contributed by atoms with E-state index in [2.05, 4.69) is 6.92 Å². The van der Waals surface area contributed by atoms with Crippen LogP contribution in [0.5, 0.6) is 0 Å². The summed E-state index contributed by atoms with van der Waals surface area (Å²) in [6, 6.07) is 5.59. The number of benzene rings is 1. The van der Waals surface area contributed by atoms with Crippen LogP contribution in [0.1, 0.15) is 54.9 Å². The number of rotatable bonds is 4. The number of hydrogen-bond donors (Lipinski definition) is 0. The molecule has 0 N–H and O–H groups in total. The first kappa shape index (κ1) is 15.1. The van der Waals surface area contributed by atoms with E-state index in [1.807, 2.05) is 30.0 Å². The lowest BCUT2D eigenvalue weighted by atomic mass is 10.1. The van der Waals surface area contributed by atoms with Gasteiger partial charge in [0, 0.05) is 13.1 Å². The average Bonchev–Trinajstić information content (AvgIpc) is 2.97. The van der Waals surface area contributed by atoms with E-state index in [9.17, 15) is 9.59 Å². The van der Waals surface area contributed by atoms with E-state index in [4.69, 9.17) is 0 Å². The molecule has 1 aromatic carbocycles. The van der Waals surface area contributed by atoms with Gasteiger partial charge in [-0.05, 0) is 38.3 Å². The molecular formula is C18H24N2O2. The van der Waals surface area contributed by atoms with Crippen molar-refractivity contribution in [2.45, 2.75) is 52.0 Å². The lowest BCUT2D eigenvalue weighted by Crippen LogP contribution is -2.45. The van der Waals surface area contributed by atoms with Crippen LogP contribution in [0.25, 0.3) is 0 Å². The Labute approximate surface area is 132 Å². The highest BCUT2D eigenvalue weighted by Crippen LogP contribution is 2.33. The van der Waals surface area contributed by atoms with Crippen molar-refractivity contribution < 1.29 is 9.59 Å². The van der Waals surface area contributed by atoms with Crippen LogP contribution in [0.4, 0.5) is 5.69 Å². The number of carbonyl (C=O) groups is 2. The van der Waals surface area contributed by atoms with Crippen LogP contribution in [-0.2, 0) is 4.79 Å². The Hall–Kier alpha value is -1.84. The Bertz CT molecular complexity index is 597. The standard InChI is InChI=1S/C18H24N2O2/c1-3-4-5-10-19-15-9-8-13(2)12-14(15)17(21)20-11-6-7-16(20)18(19)22/h8-9,12,16H,3-7,10-11H2,1-2H3/t16-/m0/s1. The third-order valence-electron chi connectivity index (χ3n) is 4.72. The molecule has 1 aromatic rings. The lowest BCUT2D eigenvalue weighted by molar-refractivity contribution is -0.122. The molecular weight excluding hydrogens is 276 g/mol. The minimum absolute atomic E-state index is 0.0209. The summed E-state index contributed by atoms with van der Waals surface area (Å²) in [5, 5.41) is 0. The summed E-state index contributed by atoms with van der Waals surface area (Å²) in [5.74, 6) is 0.122. The second kappa shape index (κ2) is 6.11. The highest BCUT2D eigenvalue weighted by Gasteiger charge is 2.41. The smallest absolute Gasteiger partial charge is 0.256 e. The summed E-state index contributed by atoms with van der Waals surface area (Å²) in [4.78, 5) is 29.4. The normalized spacial score (nSPS) is 20.9. The molecule has 118 valence electrons. The Balaban J connectivity index is 2.02. The second-order valence-electron chi connectivity index (χ2n) is 6.37. The third-order valence-corrected chi connectivity index (χ3v) is 4.72. The van der Waals surface area contributed by atoms with Crippen molar-refractivity contribution in [1.82, 2.24) is 4.90 Å². The number of unbranched alkanes of at least 4 members (excludes halogenated alkanes) is 2. The number of nitrogens with zero attached hydrogens (tertiary/aromatic N) is 2. The molecule has 0 spiro atoms. The van der Waals surface area contributed by atoms with Crippen molar-refractivity contribution in [3.05, 3.63) is 29.3 Å². The van der Waals surface area contributed by atoms with E-state index >= 15 is 0 Å². The van der Waals surface area contributed by atoms with Crippen molar-refractivity contribution in [2.24, 2.45) is 0 Å². The highest BCUT2D eigenvalue weighted by atomic mass is 16.2. The summed E-state index contributed by atoms with van der Waals surface area (Å²) in [6.07, 6.45) is 4.93. The molecule has 1 fully saturated rings. The Morgan fingerprint density at radius 2 is 2.05 bits per heavy atom. The minimum Gasteiger partial charge on any atom is -0.327 e. The molecule has 0 radical (unpaired) electrons. The Morgan fingerprint density at radius 3 is 2.82 bits per heavy atom. The predicted octanol–water partition coefficient (Wildman–Crippen LogP) is 3.14. The van der Waals surface area contributed by atoms with Gasteiger partial charge >= 0.3 is 0 Å². The molecule has 2 amide bonds. The largest absolute Gasteiger partial charge is 0.327 e. The molecule has 22 heavy (non-hydrogen) atoms. The Morgan fingerprint density at radius 1 is 1.23 bits per heavy atom. The maximum absolute atomic E-state index is 12.9. The monoisotopic (exact) mass is 300 g/mol. The van der Waals surface area contributed by atoms with Crippen molar-refractivity contribution >= 4 is 17.5 Å². The number of amides is 2. The first-order chi connectivity index (χ1) is 10.6. The van der Waals surface area contributed by atoms with Gasteiger partial charge in [0.1, 0.15) is 6.04 Å². The molecule has 4 nitrogen and oxygen atoms in total. The molecule has 2 heterocycles. The van der Waals surface area contributed by atoms with Gasteiger partial charge in [-0.2, -0.15) is 0 Å². The van der Waals surface area contributed by atoms with Crippen LogP contribution < -0.4 is 4.90 Å². The van der Waals surface area contributed by atoms with Crippen molar-refractivity contribution in [2.75, 3.05) is 18.0 Å². The third kappa shape index (κ3) is 2.51. The molecule has 2 aliphatic heterocycles.